The van der Waals surface area contributed by atoms with Gasteiger partial charge in [-0.3, -0.25) is 4.68 Å². The van der Waals surface area contributed by atoms with E-state index in [-0.39, 0.29) is 0 Å². The molecule has 2 atom stereocenters. The third-order valence-electron chi connectivity index (χ3n) is 3.99. The molecular weight excluding hydrogens is 210 g/mol. The fourth-order valence-corrected chi connectivity index (χ4v) is 3.02. The van der Waals surface area contributed by atoms with Crippen molar-refractivity contribution in [2.75, 3.05) is 6.54 Å². The van der Waals surface area contributed by atoms with E-state index in [1.165, 1.54) is 37.1 Å². The van der Waals surface area contributed by atoms with Crippen LogP contribution < -0.4 is 5.32 Å². The molecule has 0 radical (unpaired) electrons. The summed E-state index contributed by atoms with van der Waals surface area (Å²) in [5, 5.41) is 8.16. The SMILES string of the molecule is CCNC1CCCC1Cc1cc(CC)nn1C. The van der Waals surface area contributed by atoms with E-state index in [4.69, 9.17) is 0 Å². The van der Waals surface area contributed by atoms with Gasteiger partial charge in [-0.2, -0.15) is 5.10 Å². The lowest BCUT2D eigenvalue weighted by atomic mass is 9.97. The highest BCUT2D eigenvalue weighted by atomic mass is 15.3. The van der Waals surface area contributed by atoms with Crippen molar-refractivity contribution >= 4 is 0 Å². The molecule has 0 amide bonds. The second kappa shape index (κ2) is 5.67. The Balaban J connectivity index is 2.01. The van der Waals surface area contributed by atoms with E-state index in [2.05, 4.69) is 42.1 Å². The summed E-state index contributed by atoms with van der Waals surface area (Å²) >= 11 is 0. The molecule has 3 heteroatoms. The smallest absolute Gasteiger partial charge is 0.0624 e. The molecule has 0 spiro atoms. The van der Waals surface area contributed by atoms with Crippen LogP contribution in [0.5, 0.6) is 0 Å². The minimum Gasteiger partial charge on any atom is -0.314 e. The zero-order chi connectivity index (χ0) is 12.3. The van der Waals surface area contributed by atoms with Gasteiger partial charge in [0.2, 0.25) is 0 Å². The predicted octanol–water partition coefficient (Wildman–Crippen LogP) is 2.30. The number of rotatable bonds is 5. The molecule has 0 saturated heterocycles. The minimum atomic E-state index is 0.722. The summed E-state index contributed by atoms with van der Waals surface area (Å²) in [7, 11) is 2.08. The van der Waals surface area contributed by atoms with Gasteiger partial charge in [-0.1, -0.05) is 20.3 Å². The van der Waals surface area contributed by atoms with Crippen molar-refractivity contribution in [1.82, 2.24) is 15.1 Å². The van der Waals surface area contributed by atoms with Crippen molar-refractivity contribution in [1.29, 1.82) is 0 Å². The maximum atomic E-state index is 4.54. The van der Waals surface area contributed by atoms with Crippen LogP contribution in [0.25, 0.3) is 0 Å². The second-order valence-corrected chi connectivity index (χ2v) is 5.16. The maximum Gasteiger partial charge on any atom is 0.0624 e. The third kappa shape index (κ3) is 2.89. The van der Waals surface area contributed by atoms with Crippen LogP contribution in [0.15, 0.2) is 6.07 Å². The van der Waals surface area contributed by atoms with E-state index in [0.717, 1.165) is 24.9 Å². The minimum absolute atomic E-state index is 0.722. The molecule has 1 aliphatic rings. The first-order valence-electron chi connectivity index (χ1n) is 6.99. The zero-order valence-electron chi connectivity index (χ0n) is 11.4. The van der Waals surface area contributed by atoms with E-state index >= 15 is 0 Å². The first kappa shape index (κ1) is 12.6. The van der Waals surface area contributed by atoms with Gasteiger partial charge in [0.1, 0.15) is 0 Å². The van der Waals surface area contributed by atoms with Crippen molar-refractivity contribution in [3.8, 4) is 0 Å². The Hall–Kier alpha value is -0.830. The quantitative estimate of drug-likeness (QED) is 0.848. The first-order valence-corrected chi connectivity index (χ1v) is 6.99. The molecule has 1 aliphatic carbocycles. The fraction of sp³-hybridized carbons (Fsp3) is 0.786. The predicted molar refractivity (Wildman–Crippen MR) is 71.1 cm³/mol. The Bertz CT molecular complexity index is 356. The van der Waals surface area contributed by atoms with Crippen LogP contribution in [-0.2, 0) is 19.9 Å². The molecule has 17 heavy (non-hydrogen) atoms. The monoisotopic (exact) mass is 235 g/mol. The van der Waals surface area contributed by atoms with Crippen LogP contribution in [0.2, 0.25) is 0 Å². The van der Waals surface area contributed by atoms with Crippen LogP contribution >= 0.6 is 0 Å². The average molecular weight is 235 g/mol. The molecule has 1 N–H and O–H groups in total. The highest BCUT2D eigenvalue weighted by Crippen LogP contribution is 2.28. The lowest BCUT2D eigenvalue weighted by molar-refractivity contribution is 0.398. The van der Waals surface area contributed by atoms with E-state index in [0.29, 0.717) is 0 Å². The summed E-state index contributed by atoms with van der Waals surface area (Å²) in [5.74, 6) is 0.801. The van der Waals surface area contributed by atoms with Crippen molar-refractivity contribution in [2.24, 2.45) is 13.0 Å². The number of aryl methyl sites for hydroxylation is 2. The fourth-order valence-electron chi connectivity index (χ4n) is 3.02. The summed E-state index contributed by atoms with van der Waals surface area (Å²) in [6.07, 6.45) is 6.30. The van der Waals surface area contributed by atoms with Crippen LogP contribution in [0.1, 0.15) is 44.5 Å². The Morgan fingerprint density at radius 3 is 2.88 bits per heavy atom. The molecule has 1 saturated carbocycles. The topological polar surface area (TPSA) is 29.9 Å². The Morgan fingerprint density at radius 2 is 2.24 bits per heavy atom. The summed E-state index contributed by atoms with van der Waals surface area (Å²) in [6, 6.07) is 3.00. The van der Waals surface area contributed by atoms with Gasteiger partial charge >= 0.3 is 0 Å². The van der Waals surface area contributed by atoms with Gasteiger partial charge in [0.05, 0.1) is 5.69 Å². The highest BCUT2D eigenvalue weighted by Gasteiger charge is 2.27. The standard InChI is InChI=1S/C14H25N3/c1-4-12-10-13(17(3)16-12)9-11-7-6-8-14(11)15-5-2/h10-11,14-15H,4-9H2,1-3H3. The molecule has 96 valence electrons. The van der Waals surface area contributed by atoms with Gasteiger partial charge in [-0.25, -0.2) is 0 Å². The average Bonchev–Trinajstić information content (AvgIpc) is 2.88. The van der Waals surface area contributed by atoms with Crippen molar-refractivity contribution in [3.05, 3.63) is 17.5 Å². The first-order chi connectivity index (χ1) is 8.24. The Labute approximate surface area is 105 Å². The summed E-state index contributed by atoms with van der Waals surface area (Å²) in [4.78, 5) is 0. The van der Waals surface area contributed by atoms with E-state index < -0.39 is 0 Å². The molecule has 1 aromatic rings. The molecule has 0 aromatic carbocycles. The van der Waals surface area contributed by atoms with Crippen molar-refractivity contribution in [2.45, 2.75) is 52.0 Å². The summed E-state index contributed by atoms with van der Waals surface area (Å²) in [5.41, 5.74) is 2.62. The molecule has 3 nitrogen and oxygen atoms in total. The maximum absolute atomic E-state index is 4.54. The molecule has 0 bridgehead atoms. The molecule has 2 unspecified atom stereocenters. The largest absolute Gasteiger partial charge is 0.314 e. The summed E-state index contributed by atoms with van der Waals surface area (Å²) < 4.78 is 2.07. The van der Waals surface area contributed by atoms with Crippen LogP contribution in [0.3, 0.4) is 0 Å². The molecule has 1 aromatic heterocycles. The number of nitrogens with one attached hydrogen (secondary N) is 1. The van der Waals surface area contributed by atoms with Gasteiger partial charge in [0.15, 0.2) is 0 Å². The van der Waals surface area contributed by atoms with E-state index in [1.54, 1.807) is 0 Å². The molecule has 2 rings (SSSR count). The van der Waals surface area contributed by atoms with Crippen molar-refractivity contribution in [3.63, 3.8) is 0 Å². The lowest BCUT2D eigenvalue weighted by Gasteiger charge is -2.20. The Kier molecular flexibility index (Phi) is 4.21. The van der Waals surface area contributed by atoms with Gasteiger partial charge in [0.25, 0.3) is 0 Å². The Morgan fingerprint density at radius 1 is 1.41 bits per heavy atom. The van der Waals surface area contributed by atoms with Crippen molar-refractivity contribution < 1.29 is 0 Å². The number of hydrogen-bond acceptors (Lipinski definition) is 2. The van der Waals surface area contributed by atoms with Gasteiger partial charge in [-0.15, -0.1) is 0 Å². The van der Waals surface area contributed by atoms with E-state index in [1.807, 2.05) is 0 Å². The molecule has 1 heterocycles. The second-order valence-electron chi connectivity index (χ2n) is 5.16. The van der Waals surface area contributed by atoms with Crippen LogP contribution in [0.4, 0.5) is 0 Å². The lowest BCUT2D eigenvalue weighted by Crippen LogP contribution is -2.33. The number of nitrogens with zero attached hydrogens (tertiary/aromatic N) is 2. The van der Waals surface area contributed by atoms with E-state index in [9.17, 15) is 0 Å². The van der Waals surface area contributed by atoms with Gasteiger partial charge in [-0.05, 0) is 44.2 Å². The van der Waals surface area contributed by atoms with Gasteiger partial charge < -0.3 is 5.32 Å². The van der Waals surface area contributed by atoms with Crippen LogP contribution in [-0.4, -0.2) is 22.4 Å². The van der Waals surface area contributed by atoms with Crippen LogP contribution in [0, 0.1) is 5.92 Å². The third-order valence-corrected chi connectivity index (χ3v) is 3.99. The number of aromatic nitrogens is 2. The summed E-state index contributed by atoms with van der Waals surface area (Å²) in [6.45, 7) is 5.46. The molecule has 1 fully saturated rings. The number of hydrogen-bond donors (Lipinski definition) is 1. The molecular formula is C14H25N3. The molecule has 0 aliphatic heterocycles. The normalized spacial score (nSPS) is 24.4. The zero-order valence-corrected chi connectivity index (χ0v) is 11.4. The van der Waals surface area contributed by atoms with Gasteiger partial charge in [0, 0.05) is 18.8 Å². The highest BCUT2D eigenvalue weighted by molar-refractivity contribution is 5.11.